The molecule has 0 aliphatic heterocycles. The van der Waals surface area contributed by atoms with Crippen LogP contribution in [0.1, 0.15) is 6.42 Å². The van der Waals surface area contributed by atoms with Crippen LogP contribution in [-0.4, -0.2) is 8.07 Å². The zero-order valence-corrected chi connectivity index (χ0v) is 8.02. The van der Waals surface area contributed by atoms with Crippen LogP contribution in [0.3, 0.4) is 0 Å². The van der Waals surface area contributed by atoms with Gasteiger partial charge in [-0.05, 0) is 6.04 Å². The van der Waals surface area contributed by atoms with Gasteiger partial charge < -0.3 is 0 Å². The van der Waals surface area contributed by atoms with Crippen molar-refractivity contribution in [3.63, 3.8) is 0 Å². The van der Waals surface area contributed by atoms with E-state index in [-0.39, 0.29) is 0 Å². The highest BCUT2D eigenvalue weighted by atomic mass is 28.3. The largest absolute Gasteiger partial charge is 0.198 e. The molecule has 56 valence electrons. The maximum Gasteiger partial charge on any atom is 0.0663 e. The van der Waals surface area contributed by atoms with Gasteiger partial charge in [0.15, 0.2) is 0 Å². The molecule has 0 unspecified atom stereocenters. The van der Waals surface area contributed by atoms with E-state index in [2.05, 4.69) is 31.8 Å². The topological polar surface area (TPSA) is 23.8 Å². The van der Waals surface area contributed by atoms with Gasteiger partial charge in [-0.3, -0.25) is 0 Å². The van der Waals surface area contributed by atoms with E-state index in [1.807, 2.05) is 6.08 Å². The molecular weight excluding hydrogens is 138 g/mol. The maximum atomic E-state index is 8.21. The first kappa shape index (κ1) is 9.45. The number of allylic oxidation sites excluding steroid dienone is 2. The first-order valence-corrected chi connectivity index (χ1v) is 7.29. The summed E-state index contributed by atoms with van der Waals surface area (Å²) in [6, 6.07) is 3.27. The van der Waals surface area contributed by atoms with E-state index in [1.54, 1.807) is 0 Å². The van der Waals surface area contributed by atoms with Crippen LogP contribution in [0.25, 0.3) is 0 Å². The van der Waals surface area contributed by atoms with E-state index in [0.29, 0.717) is 6.42 Å². The lowest BCUT2D eigenvalue weighted by Crippen LogP contribution is -2.17. The molecule has 0 aromatic rings. The second-order valence-corrected chi connectivity index (χ2v) is 9.13. The van der Waals surface area contributed by atoms with Crippen LogP contribution in [0.4, 0.5) is 0 Å². The van der Waals surface area contributed by atoms with Crippen molar-refractivity contribution in [2.45, 2.75) is 32.1 Å². The molecule has 0 aromatic carbocycles. The third kappa shape index (κ3) is 7.45. The number of rotatable bonds is 3. The minimum absolute atomic E-state index is 0.560. The van der Waals surface area contributed by atoms with Crippen molar-refractivity contribution in [2.24, 2.45) is 0 Å². The number of nitriles is 1. The van der Waals surface area contributed by atoms with Crippen LogP contribution in [0, 0.1) is 11.3 Å². The lowest BCUT2D eigenvalue weighted by molar-refractivity contribution is 1.33. The van der Waals surface area contributed by atoms with Crippen molar-refractivity contribution in [3.8, 4) is 6.07 Å². The Morgan fingerprint density at radius 2 is 1.90 bits per heavy atom. The van der Waals surface area contributed by atoms with Gasteiger partial charge in [0.2, 0.25) is 0 Å². The molecule has 0 saturated heterocycles. The Kier molecular flexibility index (Phi) is 4.05. The van der Waals surface area contributed by atoms with E-state index >= 15 is 0 Å². The first-order chi connectivity index (χ1) is 4.56. The molecule has 0 bridgehead atoms. The monoisotopic (exact) mass is 153 g/mol. The molecule has 0 rings (SSSR count). The van der Waals surface area contributed by atoms with Gasteiger partial charge in [-0.15, -0.1) is 0 Å². The van der Waals surface area contributed by atoms with Crippen molar-refractivity contribution in [1.82, 2.24) is 0 Å². The summed E-state index contributed by atoms with van der Waals surface area (Å²) in [5, 5.41) is 8.21. The van der Waals surface area contributed by atoms with Crippen LogP contribution in [0.15, 0.2) is 12.2 Å². The summed E-state index contributed by atoms with van der Waals surface area (Å²) >= 11 is 0. The molecule has 0 aliphatic rings. The van der Waals surface area contributed by atoms with Crippen molar-refractivity contribution < 1.29 is 0 Å². The summed E-state index contributed by atoms with van der Waals surface area (Å²) in [4.78, 5) is 0. The van der Waals surface area contributed by atoms with Gasteiger partial charge in [0.05, 0.1) is 12.5 Å². The maximum absolute atomic E-state index is 8.21. The molecule has 2 heteroatoms. The standard InChI is InChI=1S/C8H15NSi/c1-10(2,3)8-6-4-5-7-9/h4,6H,5,8H2,1-3H3/b6-4+. The molecule has 1 nitrogen and oxygen atoms in total. The fourth-order valence-corrected chi connectivity index (χ4v) is 1.45. The Morgan fingerprint density at radius 3 is 2.30 bits per heavy atom. The highest BCUT2D eigenvalue weighted by Gasteiger charge is 2.08. The van der Waals surface area contributed by atoms with Crippen molar-refractivity contribution in [1.29, 1.82) is 5.26 Å². The zero-order chi connectivity index (χ0) is 8.04. The molecule has 0 radical (unpaired) electrons. The average molecular weight is 153 g/mol. The second-order valence-electron chi connectivity index (χ2n) is 3.60. The lowest BCUT2D eigenvalue weighted by Gasteiger charge is -2.11. The summed E-state index contributed by atoms with van der Waals surface area (Å²) in [5.41, 5.74) is 0. The van der Waals surface area contributed by atoms with Crippen molar-refractivity contribution in [2.75, 3.05) is 0 Å². The predicted octanol–water partition coefficient (Wildman–Crippen LogP) is 2.79. The third-order valence-electron chi connectivity index (χ3n) is 1.11. The Balaban J connectivity index is 3.46. The molecule has 10 heavy (non-hydrogen) atoms. The fourth-order valence-electron chi connectivity index (χ4n) is 0.573. The quantitative estimate of drug-likeness (QED) is 0.452. The smallest absolute Gasteiger partial charge is 0.0663 e. The van der Waals surface area contributed by atoms with Gasteiger partial charge in [-0.2, -0.15) is 5.26 Å². The van der Waals surface area contributed by atoms with Gasteiger partial charge in [-0.1, -0.05) is 31.8 Å². The van der Waals surface area contributed by atoms with E-state index in [9.17, 15) is 0 Å². The second kappa shape index (κ2) is 4.29. The average Bonchev–Trinajstić information content (AvgIpc) is 1.78. The third-order valence-corrected chi connectivity index (χ3v) is 2.57. The predicted molar refractivity (Wildman–Crippen MR) is 47.5 cm³/mol. The molecule has 0 amide bonds. The molecule has 0 aromatic heterocycles. The highest BCUT2D eigenvalue weighted by molar-refractivity contribution is 6.76. The van der Waals surface area contributed by atoms with Crippen LogP contribution >= 0.6 is 0 Å². The number of hydrogen-bond donors (Lipinski definition) is 0. The Bertz CT molecular complexity index is 148. The summed E-state index contributed by atoms with van der Waals surface area (Å²) < 4.78 is 0. The summed E-state index contributed by atoms with van der Waals surface area (Å²) in [6.07, 6.45) is 4.65. The number of hydrogen-bond acceptors (Lipinski definition) is 1. The molecular formula is C8H15NSi. The zero-order valence-electron chi connectivity index (χ0n) is 7.02. The molecule has 0 fully saturated rings. The van der Waals surface area contributed by atoms with E-state index in [1.165, 1.54) is 6.04 Å². The van der Waals surface area contributed by atoms with E-state index in [0.717, 1.165) is 0 Å². The summed E-state index contributed by atoms with van der Waals surface area (Å²) in [6.45, 7) is 6.97. The van der Waals surface area contributed by atoms with Gasteiger partial charge in [0.25, 0.3) is 0 Å². The van der Waals surface area contributed by atoms with Gasteiger partial charge in [0, 0.05) is 8.07 Å². The van der Waals surface area contributed by atoms with E-state index < -0.39 is 8.07 Å². The molecule has 0 spiro atoms. The van der Waals surface area contributed by atoms with Crippen LogP contribution in [0.2, 0.25) is 25.7 Å². The van der Waals surface area contributed by atoms with Crippen LogP contribution in [-0.2, 0) is 0 Å². The minimum Gasteiger partial charge on any atom is -0.198 e. The molecule has 0 atom stereocenters. The number of nitrogens with zero attached hydrogens (tertiary/aromatic N) is 1. The first-order valence-electron chi connectivity index (χ1n) is 3.58. The van der Waals surface area contributed by atoms with E-state index in [4.69, 9.17) is 5.26 Å². The lowest BCUT2D eigenvalue weighted by atomic mass is 10.4. The Hall–Kier alpha value is -0.553. The van der Waals surface area contributed by atoms with Gasteiger partial charge >= 0.3 is 0 Å². The Morgan fingerprint density at radius 1 is 1.30 bits per heavy atom. The van der Waals surface area contributed by atoms with Crippen molar-refractivity contribution >= 4 is 8.07 Å². The molecule has 0 N–H and O–H groups in total. The molecule has 0 heterocycles. The summed E-state index contributed by atoms with van der Waals surface area (Å²) in [7, 11) is -0.903. The SMILES string of the molecule is C[Si](C)(C)C/C=C/CC#N. The van der Waals surface area contributed by atoms with Crippen LogP contribution < -0.4 is 0 Å². The normalized spacial score (nSPS) is 11.8. The van der Waals surface area contributed by atoms with Gasteiger partial charge in [0.1, 0.15) is 0 Å². The molecule has 0 aliphatic carbocycles. The fraction of sp³-hybridized carbons (Fsp3) is 0.625. The van der Waals surface area contributed by atoms with Crippen molar-refractivity contribution in [3.05, 3.63) is 12.2 Å². The highest BCUT2D eigenvalue weighted by Crippen LogP contribution is 2.08. The minimum atomic E-state index is -0.903. The Labute approximate surface area is 64.4 Å². The van der Waals surface area contributed by atoms with Crippen LogP contribution in [0.5, 0.6) is 0 Å². The molecule has 0 saturated carbocycles. The van der Waals surface area contributed by atoms with Gasteiger partial charge in [-0.25, -0.2) is 0 Å². The summed E-state index contributed by atoms with van der Waals surface area (Å²) in [5.74, 6) is 0.